The van der Waals surface area contributed by atoms with Crippen LogP contribution in [0.3, 0.4) is 0 Å². The molecule has 0 saturated heterocycles. The number of unbranched alkanes of at least 4 members (excludes halogenated alkanes) is 1. The number of thioether (sulfide) groups is 1. The predicted octanol–water partition coefficient (Wildman–Crippen LogP) is 3.09. The van der Waals surface area contributed by atoms with Crippen LogP contribution in [0, 0.1) is 5.41 Å². The van der Waals surface area contributed by atoms with E-state index in [0.717, 1.165) is 37.3 Å². The van der Waals surface area contributed by atoms with Gasteiger partial charge in [-0.3, -0.25) is 4.99 Å². The molecule has 0 bridgehead atoms. The molecule has 0 aromatic heterocycles. The summed E-state index contributed by atoms with van der Waals surface area (Å²) in [5, 5.41) is 8.63. The second-order valence-electron chi connectivity index (χ2n) is 4.58. The number of aliphatic imine (C=N–C) groups is 1. The van der Waals surface area contributed by atoms with Crippen molar-refractivity contribution >= 4 is 18.0 Å². The van der Waals surface area contributed by atoms with Gasteiger partial charge in [-0.25, -0.2) is 0 Å². The lowest BCUT2D eigenvalue weighted by Gasteiger charge is -2.20. The first-order chi connectivity index (χ1) is 8.27. The number of aliphatic hydroxyl groups excluding tert-OH is 1. The van der Waals surface area contributed by atoms with Gasteiger partial charge in [-0.2, -0.15) is 11.8 Å². The molecule has 0 fully saturated rings. The lowest BCUT2D eigenvalue weighted by molar-refractivity contribution is 0.287. The van der Waals surface area contributed by atoms with E-state index in [1.54, 1.807) is 0 Å². The third-order valence-corrected chi connectivity index (χ3v) is 3.78. The molecule has 1 rings (SSSR count). The Morgan fingerprint density at radius 2 is 2.24 bits per heavy atom. The van der Waals surface area contributed by atoms with Gasteiger partial charge in [-0.15, -0.1) is 0 Å². The minimum absolute atomic E-state index is 0.121. The van der Waals surface area contributed by atoms with E-state index in [1.807, 2.05) is 11.8 Å². The van der Waals surface area contributed by atoms with E-state index in [1.165, 1.54) is 0 Å². The Hall–Kier alpha value is -0.540. The number of rotatable bonds is 8. The van der Waals surface area contributed by atoms with Gasteiger partial charge in [0, 0.05) is 30.5 Å². The average Bonchev–Trinajstić information content (AvgIpc) is 2.33. The van der Waals surface area contributed by atoms with Crippen molar-refractivity contribution in [1.29, 1.82) is 0 Å². The first-order valence-electron chi connectivity index (χ1n) is 6.31. The highest BCUT2D eigenvalue weighted by molar-refractivity contribution is 7.99. The van der Waals surface area contributed by atoms with Crippen molar-refractivity contribution in [3.8, 4) is 0 Å². The highest BCUT2D eigenvalue weighted by Gasteiger charge is 2.17. The monoisotopic (exact) mass is 253 g/mol. The Morgan fingerprint density at radius 1 is 1.35 bits per heavy atom. The van der Waals surface area contributed by atoms with Gasteiger partial charge in [0.25, 0.3) is 0 Å². The van der Waals surface area contributed by atoms with Crippen molar-refractivity contribution in [1.82, 2.24) is 0 Å². The van der Waals surface area contributed by atoms with Crippen LogP contribution in [-0.4, -0.2) is 36.0 Å². The van der Waals surface area contributed by atoms with Crippen molar-refractivity contribution < 1.29 is 5.11 Å². The third kappa shape index (κ3) is 6.69. The Balaban J connectivity index is 2.06. The summed E-state index contributed by atoms with van der Waals surface area (Å²) in [4.78, 5) is 4.50. The summed E-state index contributed by atoms with van der Waals surface area (Å²) in [5.41, 5.74) is 0.121. The zero-order chi connectivity index (χ0) is 12.4. The normalized spacial score (nSPS) is 23.6. The molecule has 1 unspecified atom stereocenters. The molecule has 1 aliphatic rings. The maximum absolute atomic E-state index is 8.63. The van der Waals surface area contributed by atoms with Crippen LogP contribution >= 0.6 is 11.8 Å². The van der Waals surface area contributed by atoms with Crippen LogP contribution in [0.25, 0.3) is 0 Å². The third-order valence-electron chi connectivity index (χ3n) is 2.73. The Labute approximate surface area is 109 Å². The molecule has 0 amide bonds. The smallest absolute Gasteiger partial charge is 0.0476 e. The van der Waals surface area contributed by atoms with Crippen LogP contribution in [0.5, 0.6) is 0 Å². The topological polar surface area (TPSA) is 32.6 Å². The molecule has 17 heavy (non-hydrogen) atoms. The fraction of sp³-hybridized carbons (Fsp3) is 0.643. The van der Waals surface area contributed by atoms with E-state index in [2.05, 4.69) is 42.4 Å². The second kappa shape index (κ2) is 8.54. The standard InChI is InChI=1S/C14H23NOS/c1-14(7-3-2-4-8-14)13-15-9-12-17-11-6-5-10-16/h2-4,7,13,16H,5-6,8-12H2,1H3. The maximum Gasteiger partial charge on any atom is 0.0476 e. The zero-order valence-corrected chi connectivity index (χ0v) is 11.5. The molecular formula is C14H23NOS. The molecule has 3 heteroatoms. The fourth-order valence-corrected chi connectivity index (χ4v) is 2.49. The van der Waals surface area contributed by atoms with E-state index >= 15 is 0 Å². The first-order valence-corrected chi connectivity index (χ1v) is 7.46. The molecular weight excluding hydrogens is 230 g/mol. The molecule has 0 aliphatic heterocycles. The summed E-state index contributed by atoms with van der Waals surface area (Å²) in [6.45, 7) is 3.43. The van der Waals surface area contributed by atoms with E-state index < -0.39 is 0 Å². The lowest BCUT2D eigenvalue weighted by Crippen LogP contribution is -2.15. The van der Waals surface area contributed by atoms with Crippen LogP contribution < -0.4 is 0 Å². The minimum Gasteiger partial charge on any atom is -0.396 e. The van der Waals surface area contributed by atoms with Crippen LogP contribution in [0.15, 0.2) is 29.3 Å². The summed E-state index contributed by atoms with van der Waals surface area (Å²) in [7, 11) is 0. The Morgan fingerprint density at radius 3 is 2.94 bits per heavy atom. The fourth-order valence-electron chi connectivity index (χ4n) is 1.65. The molecule has 96 valence electrons. The van der Waals surface area contributed by atoms with Crippen LogP contribution in [0.4, 0.5) is 0 Å². The number of hydrogen-bond acceptors (Lipinski definition) is 3. The number of nitrogens with zero attached hydrogens (tertiary/aromatic N) is 1. The largest absolute Gasteiger partial charge is 0.396 e. The average molecular weight is 253 g/mol. The van der Waals surface area contributed by atoms with Crippen molar-refractivity contribution in [2.45, 2.75) is 26.2 Å². The Bertz CT molecular complexity index is 286. The van der Waals surface area contributed by atoms with Crippen molar-refractivity contribution in [2.75, 3.05) is 24.7 Å². The highest BCUT2D eigenvalue weighted by atomic mass is 32.2. The summed E-state index contributed by atoms with van der Waals surface area (Å²) in [6.07, 6.45) is 13.8. The van der Waals surface area contributed by atoms with Gasteiger partial charge in [0.1, 0.15) is 0 Å². The van der Waals surface area contributed by atoms with Crippen molar-refractivity contribution in [3.63, 3.8) is 0 Å². The molecule has 0 heterocycles. The van der Waals surface area contributed by atoms with Gasteiger partial charge in [-0.1, -0.05) is 31.2 Å². The molecule has 1 atom stereocenters. The summed E-state index contributed by atoms with van der Waals surface area (Å²) >= 11 is 1.92. The van der Waals surface area contributed by atoms with E-state index in [-0.39, 0.29) is 5.41 Å². The van der Waals surface area contributed by atoms with Crippen LogP contribution in [0.2, 0.25) is 0 Å². The van der Waals surface area contributed by atoms with E-state index in [9.17, 15) is 0 Å². The van der Waals surface area contributed by atoms with Gasteiger partial charge >= 0.3 is 0 Å². The van der Waals surface area contributed by atoms with Gasteiger partial charge < -0.3 is 5.11 Å². The van der Waals surface area contributed by atoms with E-state index in [0.29, 0.717) is 6.61 Å². The number of aliphatic hydroxyl groups is 1. The number of allylic oxidation sites excluding steroid dienone is 4. The minimum atomic E-state index is 0.121. The van der Waals surface area contributed by atoms with Gasteiger partial charge in [0.2, 0.25) is 0 Å². The van der Waals surface area contributed by atoms with Crippen LogP contribution in [-0.2, 0) is 0 Å². The van der Waals surface area contributed by atoms with Crippen molar-refractivity contribution in [2.24, 2.45) is 10.4 Å². The highest BCUT2D eigenvalue weighted by Crippen LogP contribution is 2.24. The summed E-state index contributed by atoms with van der Waals surface area (Å²) < 4.78 is 0. The molecule has 2 nitrogen and oxygen atoms in total. The van der Waals surface area contributed by atoms with Gasteiger partial charge in [0.15, 0.2) is 0 Å². The molecule has 0 spiro atoms. The van der Waals surface area contributed by atoms with E-state index in [4.69, 9.17) is 5.11 Å². The molecule has 0 aromatic carbocycles. The quantitative estimate of drug-likeness (QED) is 0.532. The molecule has 0 saturated carbocycles. The lowest BCUT2D eigenvalue weighted by atomic mass is 9.85. The molecule has 0 radical (unpaired) electrons. The zero-order valence-electron chi connectivity index (χ0n) is 10.6. The molecule has 0 aromatic rings. The molecule has 1 N–H and O–H groups in total. The van der Waals surface area contributed by atoms with Crippen molar-refractivity contribution in [3.05, 3.63) is 24.3 Å². The predicted molar refractivity (Wildman–Crippen MR) is 78.0 cm³/mol. The van der Waals surface area contributed by atoms with Gasteiger partial charge in [-0.05, 0) is 25.0 Å². The Kier molecular flexibility index (Phi) is 7.29. The first kappa shape index (κ1) is 14.5. The molecule has 1 aliphatic carbocycles. The SMILES string of the molecule is CC1(C=NCCSCCCCO)C=CC=CC1. The number of hydrogen-bond donors (Lipinski definition) is 1. The maximum atomic E-state index is 8.63. The van der Waals surface area contributed by atoms with Gasteiger partial charge in [0.05, 0.1) is 0 Å². The second-order valence-corrected chi connectivity index (χ2v) is 5.80. The summed E-state index contributed by atoms with van der Waals surface area (Å²) in [5.74, 6) is 2.22. The summed E-state index contributed by atoms with van der Waals surface area (Å²) in [6, 6.07) is 0. The van der Waals surface area contributed by atoms with Crippen LogP contribution in [0.1, 0.15) is 26.2 Å².